The first kappa shape index (κ1) is 6.79. The summed E-state index contributed by atoms with van der Waals surface area (Å²) in [5, 5.41) is 0. The predicted molar refractivity (Wildman–Crippen MR) is 41.0 cm³/mol. The Morgan fingerprint density at radius 3 is 2.44 bits per heavy atom. The Morgan fingerprint density at radius 2 is 2.22 bits per heavy atom. The molecule has 0 radical (unpaired) electrons. The molecule has 1 unspecified atom stereocenters. The third kappa shape index (κ3) is 1.54. The zero-order valence-electron chi connectivity index (χ0n) is 6.52. The number of nitrogens with zero attached hydrogens (tertiary/aromatic N) is 1. The minimum absolute atomic E-state index is 0.630. The van der Waals surface area contributed by atoms with Crippen molar-refractivity contribution in [3.63, 3.8) is 0 Å². The van der Waals surface area contributed by atoms with Crippen LogP contribution < -0.4 is 0 Å². The minimum Gasteiger partial charge on any atom is -0.291 e. The molecule has 1 aliphatic rings. The lowest BCUT2D eigenvalue weighted by atomic mass is 10.0. The van der Waals surface area contributed by atoms with Gasteiger partial charge in [0.15, 0.2) is 0 Å². The lowest BCUT2D eigenvalue weighted by Crippen LogP contribution is -2.07. The van der Waals surface area contributed by atoms with Gasteiger partial charge in [0.25, 0.3) is 0 Å². The SMILES string of the molecule is CC1=NC(C(C)C)CC1. The normalized spacial score (nSPS) is 27.1. The van der Waals surface area contributed by atoms with Crippen LogP contribution in [-0.2, 0) is 0 Å². The van der Waals surface area contributed by atoms with E-state index in [4.69, 9.17) is 0 Å². The molecule has 1 nitrogen and oxygen atoms in total. The molecule has 0 bridgehead atoms. The van der Waals surface area contributed by atoms with Crippen LogP contribution in [0.25, 0.3) is 0 Å². The van der Waals surface area contributed by atoms with Crippen molar-refractivity contribution >= 4 is 5.71 Å². The van der Waals surface area contributed by atoms with Crippen molar-refractivity contribution < 1.29 is 0 Å². The second-order valence-corrected chi connectivity index (χ2v) is 3.21. The Hall–Kier alpha value is -0.330. The summed E-state index contributed by atoms with van der Waals surface area (Å²) >= 11 is 0. The summed E-state index contributed by atoms with van der Waals surface area (Å²) in [6, 6.07) is 0.630. The topological polar surface area (TPSA) is 12.4 Å². The van der Waals surface area contributed by atoms with E-state index in [1.54, 1.807) is 0 Å². The number of aliphatic imine (C=N–C) groups is 1. The lowest BCUT2D eigenvalue weighted by Gasteiger charge is -2.08. The average Bonchev–Trinajstić information content (AvgIpc) is 2.14. The van der Waals surface area contributed by atoms with Crippen molar-refractivity contribution in [2.24, 2.45) is 10.9 Å². The van der Waals surface area contributed by atoms with Crippen LogP contribution in [0, 0.1) is 5.92 Å². The first-order chi connectivity index (χ1) is 4.20. The summed E-state index contributed by atoms with van der Waals surface area (Å²) in [6.45, 7) is 6.61. The van der Waals surface area contributed by atoms with Crippen molar-refractivity contribution in [3.05, 3.63) is 0 Å². The van der Waals surface area contributed by atoms with Gasteiger partial charge in [0.2, 0.25) is 0 Å². The highest BCUT2D eigenvalue weighted by molar-refractivity contribution is 5.83. The molecule has 0 aliphatic carbocycles. The third-order valence-electron chi connectivity index (χ3n) is 1.96. The lowest BCUT2D eigenvalue weighted by molar-refractivity contribution is 0.494. The Bertz CT molecular complexity index is 125. The van der Waals surface area contributed by atoms with Crippen molar-refractivity contribution in [1.29, 1.82) is 0 Å². The van der Waals surface area contributed by atoms with Gasteiger partial charge in [-0.3, -0.25) is 4.99 Å². The summed E-state index contributed by atoms with van der Waals surface area (Å²) < 4.78 is 0. The molecule has 1 heterocycles. The second kappa shape index (κ2) is 2.51. The molecule has 0 amide bonds. The van der Waals surface area contributed by atoms with Gasteiger partial charge in [0, 0.05) is 5.71 Å². The van der Waals surface area contributed by atoms with Crippen LogP contribution in [-0.4, -0.2) is 11.8 Å². The van der Waals surface area contributed by atoms with Crippen LogP contribution in [0.4, 0.5) is 0 Å². The van der Waals surface area contributed by atoms with Gasteiger partial charge in [-0.05, 0) is 25.7 Å². The van der Waals surface area contributed by atoms with Crippen LogP contribution in [0.3, 0.4) is 0 Å². The zero-order valence-corrected chi connectivity index (χ0v) is 6.52. The van der Waals surface area contributed by atoms with Crippen molar-refractivity contribution in [2.45, 2.75) is 39.7 Å². The fourth-order valence-corrected chi connectivity index (χ4v) is 1.25. The van der Waals surface area contributed by atoms with Gasteiger partial charge < -0.3 is 0 Å². The van der Waals surface area contributed by atoms with Gasteiger partial charge in [-0.1, -0.05) is 13.8 Å². The molecule has 1 aliphatic heterocycles. The molecule has 9 heavy (non-hydrogen) atoms. The Labute approximate surface area is 57.2 Å². The standard InChI is InChI=1S/C8H15N/c1-6(2)8-5-4-7(3)9-8/h6,8H,4-5H2,1-3H3. The molecule has 0 saturated carbocycles. The quantitative estimate of drug-likeness (QED) is 0.509. The fourth-order valence-electron chi connectivity index (χ4n) is 1.25. The van der Waals surface area contributed by atoms with Crippen molar-refractivity contribution in [3.8, 4) is 0 Å². The number of rotatable bonds is 1. The molecule has 0 aromatic carbocycles. The van der Waals surface area contributed by atoms with E-state index in [1.165, 1.54) is 18.6 Å². The smallest absolute Gasteiger partial charge is 0.0525 e. The van der Waals surface area contributed by atoms with E-state index in [-0.39, 0.29) is 0 Å². The molecular weight excluding hydrogens is 110 g/mol. The first-order valence-corrected chi connectivity index (χ1v) is 3.73. The van der Waals surface area contributed by atoms with E-state index in [0.29, 0.717) is 6.04 Å². The van der Waals surface area contributed by atoms with Gasteiger partial charge >= 0.3 is 0 Å². The summed E-state index contributed by atoms with van der Waals surface area (Å²) in [4.78, 5) is 4.50. The summed E-state index contributed by atoms with van der Waals surface area (Å²) in [7, 11) is 0. The highest BCUT2D eigenvalue weighted by Gasteiger charge is 2.16. The summed E-state index contributed by atoms with van der Waals surface area (Å²) in [6.07, 6.45) is 2.51. The number of hydrogen-bond donors (Lipinski definition) is 0. The van der Waals surface area contributed by atoms with Crippen molar-refractivity contribution in [1.82, 2.24) is 0 Å². The molecule has 0 aromatic rings. The second-order valence-electron chi connectivity index (χ2n) is 3.21. The Morgan fingerprint density at radius 1 is 1.56 bits per heavy atom. The highest BCUT2D eigenvalue weighted by Crippen LogP contribution is 2.19. The van der Waals surface area contributed by atoms with Gasteiger partial charge in [-0.15, -0.1) is 0 Å². The molecule has 0 N–H and O–H groups in total. The molecule has 0 fully saturated rings. The first-order valence-electron chi connectivity index (χ1n) is 3.73. The van der Waals surface area contributed by atoms with Gasteiger partial charge in [0.05, 0.1) is 6.04 Å². The van der Waals surface area contributed by atoms with E-state index < -0.39 is 0 Å². The summed E-state index contributed by atoms with van der Waals surface area (Å²) in [5.74, 6) is 0.738. The predicted octanol–water partition coefficient (Wildman–Crippen LogP) is 2.27. The molecule has 1 rings (SSSR count). The van der Waals surface area contributed by atoms with Crippen LogP contribution in [0.5, 0.6) is 0 Å². The maximum Gasteiger partial charge on any atom is 0.0525 e. The maximum absolute atomic E-state index is 4.50. The molecule has 1 heteroatoms. The van der Waals surface area contributed by atoms with Gasteiger partial charge in [-0.2, -0.15) is 0 Å². The molecule has 0 aromatic heterocycles. The monoisotopic (exact) mass is 125 g/mol. The molecule has 0 spiro atoms. The highest BCUT2D eigenvalue weighted by atomic mass is 14.8. The van der Waals surface area contributed by atoms with E-state index in [0.717, 1.165) is 5.92 Å². The third-order valence-corrected chi connectivity index (χ3v) is 1.96. The molecule has 1 atom stereocenters. The maximum atomic E-state index is 4.50. The number of hydrogen-bond acceptors (Lipinski definition) is 1. The van der Waals surface area contributed by atoms with Crippen LogP contribution in [0.1, 0.15) is 33.6 Å². The van der Waals surface area contributed by atoms with Crippen LogP contribution in [0.15, 0.2) is 4.99 Å². The Balaban J connectivity index is 2.47. The van der Waals surface area contributed by atoms with E-state index in [2.05, 4.69) is 25.8 Å². The zero-order chi connectivity index (χ0) is 6.85. The Kier molecular flexibility index (Phi) is 1.89. The summed E-state index contributed by atoms with van der Waals surface area (Å²) in [5.41, 5.74) is 1.34. The van der Waals surface area contributed by atoms with E-state index >= 15 is 0 Å². The van der Waals surface area contributed by atoms with Gasteiger partial charge in [-0.25, -0.2) is 0 Å². The molecule has 0 saturated heterocycles. The van der Waals surface area contributed by atoms with Crippen LogP contribution in [0.2, 0.25) is 0 Å². The average molecular weight is 125 g/mol. The van der Waals surface area contributed by atoms with Crippen LogP contribution >= 0.6 is 0 Å². The van der Waals surface area contributed by atoms with Gasteiger partial charge in [0.1, 0.15) is 0 Å². The molecule has 52 valence electrons. The van der Waals surface area contributed by atoms with Crippen molar-refractivity contribution in [2.75, 3.05) is 0 Å². The largest absolute Gasteiger partial charge is 0.291 e. The minimum atomic E-state index is 0.630. The van der Waals surface area contributed by atoms with E-state index in [1.807, 2.05) is 0 Å². The molecular formula is C8H15N. The fraction of sp³-hybridized carbons (Fsp3) is 0.875. The van der Waals surface area contributed by atoms with E-state index in [9.17, 15) is 0 Å².